The lowest BCUT2D eigenvalue weighted by atomic mass is 10.2. The van der Waals surface area contributed by atoms with E-state index >= 15 is 0 Å². The zero-order valence-electron chi connectivity index (χ0n) is 13.2. The van der Waals surface area contributed by atoms with E-state index in [0.29, 0.717) is 0 Å². The Hall–Kier alpha value is -2.47. The number of nitrogens with zero attached hydrogens (tertiary/aromatic N) is 4. The van der Waals surface area contributed by atoms with E-state index in [1.54, 1.807) is 17.6 Å². The predicted molar refractivity (Wildman–Crippen MR) is 98.6 cm³/mol. The summed E-state index contributed by atoms with van der Waals surface area (Å²) in [4.78, 5) is 12.2. The van der Waals surface area contributed by atoms with Gasteiger partial charge in [0.1, 0.15) is 5.82 Å². The van der Waals surface area contributed by atoms with Crippen LogP contribution in [0.5, 0.6) is 0 Å². The number of aromatic nitrogens is 2. The molecule has 0 radical (unpaired) electrons. The molecule has 0 spiro atoms. The molecule has 2 heterocycles. The van der Waals surface area contributed by atoms with Crippen LogP contribution in [0.2, 0.25) is 0 Å². The van der Waals surface area contributed by atoms with Crippen molar-refractivity contribution in [2.45, 2.75) is 13.8 Å². The van der Waals surface area contributed by atoms with E-state index in [9.17, 15) is 0 Å². The lowest BCUT2D eigenvalue weighted by molar-refractivity contribution is 0.860. The molecule has 3 rings (SSSR count). The number of benzene rings is 1. The quantitative estimate of drug-likeness (QED) is 0.550. The Bertz CT molecular complexity index is 807. The highest BCUT2D eigenvalue weighted by atomic mass is 32.1. The van der Waals surface area contributed by atoms with Gasteiger partial charge in [0.15, 0.2) is 5.13 Å². The third-order valence-corrected chi connectivity index (χ3v) is 4.51. The second kappa shape index (κ2) is 7.19. The predicted octanol–water partition coefficient (Wildman–Crippen LogP) is 3.98. The molecule has 0 bridgehead atoms. The second-order valence-corrected chi connectivity index (χ2v) is 6.02. The van der Waals surface area contributed by atoms with E-state index in [-0.39, 0.29) is 0 Å². The number of thiazole rings is 1. The molecule has 0 atom stereocenters. The Morgan fingerprint density at radius 1 is 1.17 bits per heavy atom. The third kappa shape index (κ3) is 3.65. The second-order valence-electron chi connectivity index (χ2n) is 4.98. The minimum Gasteiger partial charge on any atom is -0.349 e. The summed E-state index contributed by atoms with van der Waals surface area (Å²) in [6.07, 6.45) is 3.62. The summed E-state index contributed by atoms with van der Waals surface area (Å²) >= 11 is 1.63. The Labute approximate surface area is 139 Å². The Kier molecular flexibility index (Phi) is 4.83. The van der Waals surface area contributed by atoms with Gasteiger partial charge in [-0.3, -0.25) is 5.43 Å². The topological polar surface area (TPSA) is 53.4 Å². The molecule has 0 fully saturated rings. The van der Waals surface area contributed by atoms with Crippen molar-refractivity contribution in [2.24, 2.45) is 5.10 Å². The van der Waals surface area contributed by atoms with Crippen LogP contribution >= 0.6 is 11.3 Å². The molecule has 0 aliphatic rings. The van der Waals surface area contributed by atoms with Gasteiger partial charge in [-0.15, -0.1) is 0 Å². The summed E-state index contributed by atoms with van der Waals surface area (Å²) in [7, 11) is 0. The van der Waals surface area contributed by atoms with Crippen LogP contribution in [0.25, 0.3) is 10.9 Å². The first kappa shape index (κ1) is 15.4. The lowest BCUT2D eigenvalue weighted by Gasteiger charge is -2.16. The molecule has 1 aromatic carbocycles. The van der Waals surface area contributed by atoms with Gasteiger partial charge in [0, 0.05) is 24.7 Å². The average Bonchev–Trinajstić information content (AvgIpc) is 3.05. The average molecular weight is 325 g/mol. The fourth-order valence-electron chi connectivity index (χ4n) is 2.27. The first-order chi connectivity index (χ1) is 11.3. The van der Waals surface area contributed by atoms with Gasteiger partial charge in [-0.2, -0.15) is 5.10 Å². The summed E-state index contributed by atoms with van der Waals surface area (Å²) in [6, 6.07) is 12.0. The standard InChI is InChI=1S/C17H19N5S/c1-3-22(4-2)17-18-11-14(23-17)12-19-21-16-10-9-13-7-5-6-8-15(13)20-16/h5-12H,3-4H2,1-2H3,(H,20,21). The van der Waals surface area contributed by atoms with Crippen LogP contribution in [0.15, 0.2) is 47.7 Å². The molecule has 23 heavy (non-hydrogen) atoms. The monoisotopic (exact) mass is 325 g/mol. The van der Waals surface area contributed by atoms with E-state index in [2.05, 4.69) is 39.2 Å². The molecule has 3 aromatic rings. The van der Waals surface area contributed by atoms with Crippen LogP contribution < -0.4 is 10.3 Å². The molecule has 1 N–H and O–H groups in total. The summed E-state index contributed by atoms with van der Waals surface area (Å²) in [5, 5.41) is 6.40. The lowest BCUT2D eigenvalue weighted by Crippen LogP contribution is -2.21. The van der Waals surface area contributed by atoms with Crippen molar-refractivity contribution in [2.75, 3.05) is 23.4 Å². The SMILES string of the molecule is CCN(CC)c1ncc(C=NNc2ccc3ccccc3n2)s1. The number of rotatable bonds is 6. The van der Waals surface area contributed by atoms with Crippen molar-refractivity contribution < 1.29 is 0 Å². The molecular formula is C17H19N5S. The van der Waals surface area contributed by atoms with E-state index in [1.807, 2.05) is 42.6 Å². The smallest absolute Gasteiger partial charge is 0.185 e. The number of fused-ring (bicyclic) bond motifs is 1. The maximum absolute atomic E-state index is 4.52. The highest BCUT2D eigenvalue weighted by Gasteiger charge is 2.06. The molecule has 0 aliphatic carbocycles. The summed E-state index contributed by atoms with van der Waals surface area (Å²) in [6.45, 7) is 6.18. The number of hydrogen-bond acceptors (Lipinski definition) is 6. The number of para-hydroxylation sites is 1. The molecule has 2 aromatic heterocycles. The van der Waals surface area contributed by atoms with Gasteiger partial charge in [0.2, 0.25) is 0 Å². The highest BCUT2D eigenvalue weighted by Crippen LogP contribution is 2.21. The van der Waals surface area contributed by atoms with Gasteiger partial charge in [-0.1, -0.05) is 29.5 Å². The molecule has 0 amide bonds. The van der Waals surface area contributed by atoms with Crippen LogP contribution in [-0.4, -0.2) is 29.3 Å². The van der Waals surface area contributed by atoms with Crippen molar-refractivity contribution >= 4 is 39.4 Å². The van der Waals surface area contributed by atoms with Crippen molar-refractivity contribution in [1.29, 1.82) is 0 Å². The minimum absolute atomic E-state index is 0.730. The molecular weight excluding hydrogens is 306 g/mol. The van der Waals surface area contributed by atoms with Crippen LogP contribution in [0.1, 0.15) is 18.7 Å². The summed E-state index contributed by atoms with van der Waals surface area (Å²) in [5.74, 6) is 0.730. The Morgan fingerprint density at radius 2 is 2.00 bits per heavy atom. The van der Waals surface area contributed by atoms with Crippen LogP contribution in [-0.2, 0) is 0 Å². The number of nitrogens with one attached hydrogen (secondary N) is 1. The fraction of sp³-hybridized carbons (Fsp3) is 0.235. The van der Waals surface area contributed by atoms with Crippen LogP contribution in [0.3, 0.4) is 0 Å². The molecule has 6 heteroatoms. The van der Waals surface area contributed by atoms with Crippen LogP contribution in [0.4, 0.5) is 10.9 Å². The third-order valence-electron chi connectivity index (χ3n) is 3.51. The molecule has 0 unspecified atom stereocenters. The number of pyridine rings is 1. The molecule has 0 saturated heterocycles. The first-order valence-electron chi connectivity index (χ1n) is 7.65. The van der Waals surface area contributed by atoms with Gasteiger partial charge in [-0.25, -0.2) is 9.97 Å². The largest absolute Gasteiger partial charge is 0.349 e. The van der Waals surface area contributed by atoms with Gasteiger partial charge in [-0.05, 0) is 32.0 Å². The van der Waals surface area contributed by atoms with E-state index in [1.165, 1.54) is 0 Å². The Morgan fingerprint density at radius 3 is 2.83 bits per heavy atom. The fourth-order valence-corrected chi connectivity index (χ4v) is 3.18. The number of anilines is 2. The van der Waals surface area contributed by atoms with Crippen molar-refractivity contribution in [3.8, 4) is 0 Å². The zero-order chi connectivity index (χ0) is 16.1. The van der Waals surface area contributed by atoms with Crippen LogP contribution in [0, 0.1) is 0 Å². The van der Waals surface area contributed by atoms with E-state index in [0.717, 1.165) is 39.8 Å². The zero-order valence-corrected chi connectivity index (χ0v) is 14.0. The first-order valence-corrected chi connectivity index (χ1v) is 8.47. The van der Waals surface area contributed by atoms with Gasteiger partial charge in [0.05, 0.1) is 16.6 Å². The number of hydrogen-bond donors (Lipinski definition) is 1. The molecule has 5 nitrogen and oxygen atoms in total. The Balaban J connectivity index is 1.68. The van der Waals surface area contributed by atoms with Gasteiger partial charge < -0.3 is 4.90 Å². The van der Waals surface area contributed by atoms with Gasteiger partial charge in [0.25, 0.3) is 0 Å². The van der Waals surface area contributed by atoms with Crippen molar-refractivity contribution in [3.05, 3.63) is 47.5 Å². The van der Waals surface area contributed by atoms with Crippen molar-refractivity contribution in [1.82, 2.24) is 9.97 Å². The molecule has 0 saturated carbocycles. The maximum Gasteiger partial charge on any atom is 0.185 e. The normalized spacial score (nSPS) is 11.2. The molecule has 0 aliphatic heterocycles. The van der Waals surface area contributed by atoms with E-state index < -0.39 is 0 Å². The number of hydrazone groups is 1. The maximum atomic E-state index is 4.52. The van der Waals surface area contributed by atoms with Crippen molar-refractivity contribution in [3.63, 3.8) is 0 Å². The van der Waals surface area contributed by atoms with E-state index in [4.69, 9.17) is 0 Å². The summed E-state index contributed by atoms with van der Waals surface area (Å²) in [5.41, 5.74) is 3.93. The highest BCUT2D eigenvalue weighted by molar-refractivity contribution is 7.17. The minimum atomic E-state index is 0.730. The van der Waals surface area contributed by atoms with Gasteiger partial charge >= 0.3 is 0 Å². The molecule has 118 valence electrons. The summed E-state index contributed by atoms with van der Waals surface area (Å²) < 4.78 is 0.